The Morgan fingerprint density at radius 1 is 1.08 bits per heavy atom. The van der Waals surface area contributed by atoms with Crippen LogP contribution in [-0.2, 0) is 16.6 Å². The molecule has 0 saturated heterocycles. The summed E-state index contributed by atoms with van der Waals surface area (Å²) in [5.74, 6) is -0.286. The lowest BCUT2D eigenvalue weighted by Crippen LogP contribution is -2.32. The van der Waals surface area contributed by atoms with Gasteiger partial charge in [-0.25, -0.2) is 13.4 Å². The maximum absolute atomic E-state index is 13.7. The highest BCUT2D eigenvalue weighted by atomic mass is 35.5. The second-order valence-electron chi connectivity index (χ2n) is 8.24. The van der Waals surface area contributed by atoms with Crippen LogP contribution in [0.1, 0.15) is 42.6 Å². The topological polar surface area (TPSA) is 83.5 Å². The Kier molecular flexibility index (Phi) is 8.35. The van der Waals surface area contributed by atoms with Crippen LogP contribution in [0.2, 0.25) is 5.02 Å². The van der Waals surface area contributed by atoms with Crippen molar-refractivity contribution in [2.75, 3.05) is 18.0 Å². The smallest absolute Gasteiger partial charge is 0.260 e. The molecule has 0 bridgehead atoms. The molecule has 2 heterocycles. The number of amides is 1. The van der Waals surface area contributed by atoms with E-state index in [-0.39, 0.29) is 17.3 Å². The molecule has 0 fully saturated rings. The number of hydrogen-bond acceptors (Lipinski definition) is 6. The van der Waals surface area contributed by atoms with Crippen molar-refractivity contribution < 1.29 is 13.2 Å². The van der Waals surface area contributed by atoms with Crippen LogP contribution >= 0.6 is 22.9 Å². The molecule has 188 valence electrons. The molecule has 7 nitrogen and oxygen atoms in total. The monoisotopic (exact) mass is 542 g/mol. The summed E-state index contributed by atoms with van der Waals surface area (Å²) in [5, 5.41) is 1.12. The van der Waals surface area contributed by atoms with Crippen molar-refractivity contribution in [3.05, 3.63) is 83.1 Å². The second kappa shape index (κ2) is 11.5. The molecule has 10 heteroatoms. The van der Waals surface area contributed by atoms with Crippen LogP contribution in [0.3, 0.4) is 0 Å². The van der Waals surface area contributed by atoms with Crippen LogP contribution in [-0.4, -0.2) is 41.7 Å². The molecule has 0 aliphatic rings. The first-order valence-corrected chi connectivity index (χ1v) is 14.3. The fraction of sp³-hybridized carbons (Fsp3) is 0.269. The van der Waals surface area contributed by atoms with Crippen LogP contribution in [0.15, 0.2) is 71.9 Å². The predicted octanol–water partition coefficient (Wildman–Crippen LogP) is 6.00. The molecule has 4 rings (SSSR count). The predicted molar refractivity (Wildman–Crippen MR) is 145 cm³/mol. The van der Waals surface area contributed by atoms with Crippen LogP contribution in [0, 0.1) is 0 Å². The third kappa shape index (κ3) is 5.75. The minimum atomic E-state index is -3.63. The Balaban J connectivity index is 1.66. The number of hydrogen-bond donors (Lipinski definition) is 0. The van der Waals surface area contributed by atoms with E-state index in [9.17, 15) is 13.2 Å². The SMILES string of the molecule is CCCCN(CC)S(=O)(=O)c1ccc(C(=O)N(Cc2cccnc2)c2nc3ccc(Cl)cc3s2)cc1. The van der Waals surface area contributed by atoms with E-state index in [2.05, 4.69) is 9.97 Å². The molecule has 2 aromatic heterocycles. The van der Waals surface area contributed by atoms with E-state index in [1.165, 1.54) is 27.8 Å². The normalized spacial score (nSPS) is 11.8. The van der Waals surface area contributed by atoms with E-state index in [4.69, 9.17) is 11.6 Å². The van der Waals surface area contributed by atoms with Gasteiger partial charge >= 0.3 is 0 Å². The van der Waals surface area contributed by atoms with Crippen molar-refractivity contribution >= 4 is 54.2 Å². The highest BCUT2D eigenvalue weighted by molar-refractivity contribution is 7.89. The van der Waals surface area contributed by atoms with Gasteiger partial charge in [0.2, 0.25) is 10.0 Å². The Morgan fingerprint density at radius 2 is 1.86 bits per heavy atom. The number of aromatic nitrogens is 2. The summed E-state index contributed by atoms with van der Waals surface area (Å²) in [7, 11) is -3.63. The number of carbonyl (C=O) groups is 1. The van der Waals surface area contributed by atoms with E-state index in [0.717, 1.165) is 28.6 Å². The highest BCUT2D eigenvalue weighted by Gasteiger charge is 2.25. The molecule has 0 spiro atoms. The quantitative estimate of drug-likeness (QED) is 0.245. The van der Waals surface area contributed by atoms with E-state index in [1.54, 1.807) is 35.5 Å². The molecule has 0 aliphatic heterocycles. The van der Waals surface area contributed by atoms with Crippen molar-refractivity contribution in [2.24, 2.45) is 0 Å². The number of unbranched alkanes of at least 4 members (excludes halogenated alkanes) is 1. The minimum Gasteiger partial charge on any atom is -0.279 e. The molecule has 1 amide bonds. The molecule has 0 N–H and O–H groups in total. The first kappa shape index (κ1) is 26.2. The number of fused-ring (bicyclic) bond motifs is 1. The van der Waals surface area contributed by atoms with Gasteiger partial charge in [-0.05, 0) is 60.5 Å². The summed E-state index contributed by atoms with van der Waals surface area (Å²) in [4.78, 5) is 24.2. The van der Waals surface area contributed by atoms with Gasteiger partial charge < -0.3 is 0 Å². The summed E-state index contributed by atoms with van der Waals surface area (Å²) in [6.07, 6.45) is 5.08. The van der Waals surface area contributed by atoms with Crippen molar-refractivity contribution in [3.8, 4) is 0 Å². The highest BCUT2D eigenvalue weighted by Crippen LogP contribution is 2.32. The molecule has 0 saturated carbocycles. The summed E-state index contributed by atoms with van der Waals surface area (Å²) in [6, 6.07) is 15.2. The van der Waals surface area contributed by atoms with Gasteiger partial charge in [0, 0.05) is 36.1 Å². The lowest BCUT2D eigenvalue weighted by molar-refractivity contribution is 0.0985. The first-order chi connectivity index (χ1) is 17.3. The zero-order valence-electron chi connectivity index (χ0n) is 20.1. The molecule has 0 aliphatic carbocycles. The molecule has 0 unspecified atom stereocenters. The van der Waals surface area contributed by atoms with E-state index < -0.39 is 10.0 Å². The fourth-order valence-electron chi connectivity index (χ4n) is 3.76. The standard InChI is InChI=1S/C26H27ClN4O3S2/c1-3-5-15-30(4-2)36(33,34)22-11-8-20(9-12-22)25(32)31(18-19-7-6-14-28-17-19)26-29-23-13-10-21(27)16-24(23)35-26/h6-14,16-17H,3-5,15,18H2,1-2H3. The zero-order chi connectivity index (χ0) is 25.7. The Labute approximate surface area is 220 Å². The molecule has 0 atom stereocenters. The second-order valence-corrected chi connectivity index (χ2v) is 11.6. The number of halogens is 1. The van der Waals surface area contributed by atoms with Crippen LogP contribution in [0.4, 0.5) is 5.13 Å². The van der Waals surface area contributed by atoms with Gasteiger partial charge in [0.25, 0.3) is 5.91 Å². The summed E-state index contributed by atoms with van der Waals surface area (Å²) in [6.45, 7) is 4.98. The average molecular weight is 543 g/mol. The van der Waals surface area contributed by atoms with Crippen molar-refractivity contribution in [2.45, 2.75) is 38.1 Å². The van der Waals surface area contributed by atoms with Crippen molar-refractivity contribution in [3.63, 3.8) is 0 Å². The number of pyridine rings is 1. The largest absolute Gasteiger partial charge is 0.279 e. The lowest BCUT2D eigenvalue weighted by Gasteiger charge is -2.21. The van der Waals surface area contributed by atoms with Gasteiger partial charge in [-0.3, -0.25) is 14.7 Å². The number of sulfonamides is 1. The third-order valence-corrected chi connectivity index (χ3v) is 9.00. The molecule has 36 heavy (non-hydrogen) atoms. The number of rotatable bonds is 10. The van der Waals surface area contributed by atoms with Crippen LogP contribution in [0.25, 0.3) is 10.2 Å². The van der Waals surface area contributed by atoms with E-state index >= 15 is 0 Å². The Bertz CT molecular complexity index is 1440. The minimum absolute atomic E-state index is 0.172. The maximum atomic E-state index is 13.7. The zero-order valence-corrected chi connectivity index (χ0v) is 22.5. The molecule has 0 radical (unpaired) electrons. The Hall–Kier alpha value is -2.85. The first-order valence-electron chi connectivity index (χ1n) is 11.7. The van der Waals surface area contributed by atoms with Gasteiger partial charge in [0.05, 0.1) is 21.7 Å². The van der Waals surface area contributed by atoms with E-state index in [1.807, 2.05) is 38.1 Å². The molecular formula is C26H27ClN4O3S2. The molecule has 4 aromatic rings. The maximum Gasteiger partial charge on any atom is 0.260 e. The van der Waals surface area contributed by atoms with Crippen molar-refractivity contribution in [1.29, 1.82) is 0 Å². The number of carbonyl (C=O) groups excluding carboxylic acids is 1. The summed E-state index contributed by atoms with van der Waals surface area (Å²) in [5.41, 5.74) is 1.96. The number of nitrogens with zero attached hydrogens (tertiary/aromatic N) is 4. The molecule has 2 aromatic carbocycles. The van der Waals surface area contributed by atoms with Gasteiger partial charge in [-0.1, -0.05) is 49.3 Å². The molecular weight excluding hydrogens is 516 g/mol. The van der Waals surface area contributed by atoms with Gasteiger partial charge in [0.1, 0.15) is 0 Å². The number of benzene rings is 2. The van der Waals surface area contributed by atoms with Crippen LogP contribution < -0.4 is 4.90 Å². The van der Waals surface area contributed by atoms with E-state index in [0.29, 0.717) is 28.8 Å². The van der Waals surface area contributed by atoms with Crippen molar-refractivity contribution in [1.82, 2.24) is 14.3 Å². The van der Waals surface area contributed by atoms with Gasteiger partial charge in [-0.2, -0.15) is 4.31 Å². The van der Waals surface area contributed by atoms with Crippen LogP contribution in [0.5, 0.6) is 0 Å². The summed E-state index contributed by atoms with van der Waals surface area (Å²) < 4.78 is 28.5. The average Bonchev–Trinajstić information content (AvgIpc) is 3.31. The number of thiazole rings is 1. The summed E-state index contributed by atoms with van der Waals surface area (Å²) >= 11 is 7.52. The Morgan fingerprint density at radius 3 is 2.53 bits per heavy atom. The fourth-order valence-corrected chi connectivity index (χ4v) is 6.49. The third-order valence-electron chi connectivity index (χ3n) is 5.73. The van der Waals surface area contributed by atoms with Gasteiger partial charge in [-0.15, -0.1) is 0 Å². The lowest BCUT2D eigenvalue weighted by atomic mass is 10.2. The number of anilines is 1. The van der Waals surface area contributed by atoms with Gasteiger partial charge in [0.15, 0.2) is 5.13 Å².